The highest BCUT2D eigenvalue weighted by Crippen LogP contribution is 2.23. The van der Waals surface area contributed by atoms with Crippen LogP contribution in [0.4, 0.5) is 0 Å². The summed E-state index contributed by atoms with van der Waals surface area (Å²) in [6.07, 6.45) is 3.97. The van der Waals surface area contributed by atoms with Crippen LogP contribution in [0, 0.1) is 0 Å². The van der Waals surface area contributed by atoms with Crippen LogP contribution in [0.1, 0.15) is 39.0 Å². The highest BCUT2D eigenvalue weighted by molar-refractivity contribution is 7.89. The van der Waals surface area contributed by atoms with Crippen molar-refractivity contribution < 1.29 is 13.2 Å². The quantitative estimate of drug-likeness (QED) is 0.815. The van der Waals surface area contributed by atoms with Crippen LogP contribution < -0.4 is 5.32 Å². The molecule has 2 aliphatic heterocycles. The third kappa shape index (κ3) is 4.17. The average molecular weight is 317 g/mol. The van der Waals surface area contributed by atoms with Gasteiger partial charge in [0.25, 0.3) is 0 Å². The molecule has 0 aliphatic carbocycles. The van der Waals surface area contributed by atoms with E-state index >= 15 is 0 Å². The third-order valence-corrected chi connectivity index (χ3v) is 6.29. The zero-order chi connectivity index (χ0) is 15.3. The molecular weight excluding hydrogens is 290 g/mol. The molecule has 2 aliphatic rings. The molecule has 1 unspecified atom stereocenters. The second-order valence-electron chi connectivity index (χ2n) is 5.87. The molecule has 122 valence electrons. The minimum atomic E-state index is -3.31. The third-order valence-electron chi connectivity index (χ3n) is 4.21. The Balaban J connectivity index is 2.12. The van der Waals surface area contributed by atoms with Crippen molar-refractivity contribution >= 4 is 15.9 Å². The van der Waals surface area contributed by atoms with Crippen molar-refractivity contribution in [3.05, 3.63) is 0 Å². The molecule has 0 bridgehead atoms. The van der Waals surface area contributed by atoms with E-state index in [1.807, 2.05) is 11.8 Å². The maximum atomic E-state index is 12.8. The molecule has 0 saturated carbocycles. The molecule has 0 aromatic rings. The van der Waals surface area contributed by atoms with Gasteiger partial charge in [0.1, 0.15) is 6.04 Å². The van der Waals surface area contributed by atoms with Crippen LogP contribution >= 0.6 is 0 Å². The van der Waals surface area contributed by atoms with Crippen molar-refractivity contribution in [3.63, 3.8) is 0 Å². The van der Waals surface area contributed by atoms with Gasteiger partial charge in [-0.15, -0.1) is 0 Å². The molecule has 2 saturated heterocycles. The van der Waals surface area contributed by atoms with Gasteiger partial charge in [0.2, 0.25) is 15.9 Å². The van der Waals surface area contributed by atoms with Gasteiger partial charge in [-0.1, -0.05) is 13.3 Å². The van der Waals surface area contributed by atoms with E-state index in [9.17, 15) is 13.2 Å². The number of nitrogens with one attached hydrogen (secondary N) is 1. The fraction of sp³-hybridized carbons (Fsp3) is 0.929. The Morgan fingerprint density at radius 2 is 1.95 bits per heavy atom. The monoisotopic (exact) mass is 317 g/mol. The van der Waals surface area contributed by atoms with Gasteiger partial charge in [-0.25, -0.2) is 8.42 Å². The Morgan fingerprint density at radius 1 is 1.14 bits per heavy atom. The lowest BCUT2D eigenvalue weighted by Gasteiger charge is -2.36. The van der Waals surface area contributed by atoms with Crippen molar-refractivity contribution in [1.82, 2.24) is 14.5 Å². The average Bonchev–Trinajstić information content (AvgIpc) is 2.75. The minimum absolute atomic E-state index is 0.00178. The molecule has 1 N–H and O–H groups in total. The lowest BCUT2D eigenvalue weighted by Crippen LogP contribution is -2.54. The summed E-state index contributed by atoms with van der Waals surface area (Å²) in [5, 5.41) is 3.27. The van der Waals surface area contributed by atoms with E-state index in [4.69, 9.17) is 0 Å². The largest absolute Gasteiger partial charge is 0.340 e. The maximum Gasteiger partial charge on any atom is 0.241 e. The molecule has 0 radical (unpaired) electrons. The maximum absolute atomic E-state index is 12.8. The number of sulfonamides is 1. The summed E-state index contributed by atoms with van der Waals surface area (Å²) in [5.74, 6) is 0.135. The molecule has 7 heteroatoms. The van der Waals surface area contributed by atoms with Crippen molar-refractivity contribution in [2.75, 3.05) is 38.5 Å². The first-order valence-electron chi connectivity index (χ1n) is 8.05. The number of carbonyl (C=O) groups excluding carboxylic acids is 1. The summed E-state index contributed by atoms with van der Waals surface area (Å²) < 4.78 is 26.3. The summed E-state index contributed by atoms with van der Waals surface area (Å²) in [6.45, 7) is 5.47. The van der Waals surface area contributed by atoms with E-state index in [0.717, 1.165) is 38.9 Å². The first-order valence-corrected chi connectivity index (χ1v) is 9.66. The molecule has 0 aromatic heterocycles. The van der Waals surface area contributed by atoms with Gasteiger partial charge in [-0.05, 0) is 32.2 Å². The Kier molecular flexibility index (Phi) is 6.01. The standard InChI is InChI=1S/C14H27N3O3S/c1-2-12-21(19,20)17-10-4-3-6-13(17)14(18)16-9-5-7-15-8-11-16/h13,15H,2-12H2,1H3. The van der Waals surface area contributed by atoms with E-state index in [0.29, 0.717) is 25.9 Å². The first kappa shape index (κ1) is 16.7. The molecule has 2 heterocycles. The van der Waals surface area contributed by atoms with Crippen LogP contribution in [0.2, 0.25) is 0 Å². The fourth-order valence-corrected chi connectivity index (χ4v) is 4.88. The number of nitrogens with zero attached hydrogens (tertiary/aromatic N) is 2. The Hall–Kier alpha value is -0.660. The summed E-state index contributed by atoms with van der Waals surface area (Å²) >= 11 is 0. The summed E-state index contributed by atoms with van der Waals surface area (Å²) in [7, 11) is -3.31. The van der Waals surface area contributed by atoms with Crippen LogP contribution in [0.5, 0.6) is 0 Å². The van der Waals surface area contributed by atoms with Crippen molar-refractivity contribution in [2.45, 2.75) is 45.1 Å². The van der Waals surface area contributed by atoms with Gasteiger partial charge in [0.15, 0.2) is 0 Å². The normalized spacial score (nSPS) is 25.6. The van der Waals surface area contributed by atoms with Crippen LogP contribution in [0.25, 0.3) is 0 Å². The van der Waals surface area contributed by atoms with Crippen LogP contribution in [0.15, 0.2) is 0 Å². The van der Waals surface area contributed by atoms with Gasteiger partial charge >= 0.3 is 0 Å². The molecule has 1 amide bonds. The smallest absolute Gasteiger partial charge is 0.241 e. The number of piperidine rings is 1. The zero-order valence-electron chi connectivity index (χ0n) is 12.9. The number of carbonyl (C=O) groups is 1. The molecule has 1 atom stereocenters. The van der Waals surface area contributed by atoms with E-state index in [1.165, 1.54) is 4.31 Å². The number of hydrogen-bond acceptors (Lipinski definition) is 4. The van der Waals surface area contributed by atoms with Gasteiger partial charge < -0.3 is 10.2 Å². The molecule has 0 aromatic carbocycles. The summed E-state index contributed by atoms with van der Waals surface area (Å²) in [6, 6.07) is -0.478. The molecule has 2 fully saturated rings. The second-order valence-corrected chi connectivity index (χ2v) is 7.91. The lowest BCUT2D eigenvalue weighted by atomic mass is 10.0. The van der Waals surface area contributed by atoms with E-state index in [-0.39, 0.29) is 11.7 Å². The lowest BCUT2D eigenvalue weighted by molar-refractivity contribution is -0.136. The van der Waals surface area contributed by atoms with E-state index < -0.39 is 16.1 Å². The van der Waals surface area contributed by atoms with Crippen LogP contribution in [-0.4, -0.2) is 68.0 Å². The predicted molar refractivity (Wildman–Crippen MR) is 82.5 cm³/mol. The predicted octanol–water partition coefficient (Wildman–Crippen LogP) is 0.403. The first-order chi connectivity index (χ1) is 10.1. The van der Waals surface area contributed by atoms with Gasteiger partial charge in [0.05, 0.1) is 5.75 Å². The minimum Gasteiger partial charge on any atom is -0.340 e. The second kappa shape index (κ2) is 7.56. The van der Waals surface area contributed by atoms with Crippen molar-refractivity contribution in [2.24, 2.45) is 0 Å². The molecule has 21 heavy (non-hydrogen) atoms. The molecule has 0 spiro atoms. The van der Waals surface area contributed by atoms with Gasteiger partial charge in [-0.3, -0.25) is 4.79 Å². The van der Waals surface area contributed by atoms with Crippen LogP contribution in [-0.2, 0) is 14.8 Å². The van der Waals surface area contributed by atoms with Crippen molar-refractivity contribution in [3.8, 4) is 0 Å². The van der Waals surface area contributed by atoms with E-state index in [2.05, 4.69) is 5.32 Å². The number of amides is 1. The molecular formula is C14H27N3O3S. The van der Waals surface area contributed by atoms with Crippen molar-refractivity contribution in [1.29, 1.82) is 0 Å². The highest BCUT2D eigenvalue weighted by Gasteiger charge is 2.38. The van der Waals surface area contributed by atoms with Gasteiger partial charge in [-0.2, -0.15) is 4.31 Å². The van der Waals surface area contributed by atoms with Crippen LogP contribution in [0.3, 0.4) is 0 Å². The molecule has 6 nitrogen and oxygen atoms in total. The number of hydrogen-bond donors (Lipinski definition) is 1. The topological polar surface area (TPSA) is 69.7 Å². The SMILES string of the molecule is CCCS(=O)(=O)N1CCCCC1C(=O)N1CCCNCC1. The zero-order valence-corrected chi connectivity index (χ0v) is 13.7. The van der Waals surface area contributed by atoms with Gasteiger partial charge in [0, 0.05) is 26.2 Å². The Morgan fingerprint density at radius 3 is 2.71 bits per heavy atom. The highest BCUT2D eigenvalue weighted by atomic mass is 32.2. The molecule has 2 rings (SSSR count). The Labute approximate surface area is 127 Å². The van der Waals surface area contributed by atoms with E-state index in [1.54, 1.807) is 0 Å². The summed E-state index contributed by atoms with van der Waals surface area (Å²) in [4.78, 5) is 14.6. The summed E-state index contributed by atoms with van der Waals surface area (Å²) in [5.41, 5.74) is 0. The number of rotatable bonds is 4. The Bertz CT molecular complexity index is 444. The fourth-order valence-electron chi connectivity index (χ4n) is 3.14.